The van der Waals surface area contributed by atoms with Crippen molar-refractivity contribution in [1.29, 1.82) is 0 Å². The van der Waals surface area contributed by atoms with E-state index in [0.717, 1.165) is 6.42 Å². The molecule has 0 aromatic rings. The van der Waals surface area contributed by atoms with Gasteiger partial charge in [0.2, 0.25) is 0 Å². The van der Waals surface area contributed by atoms with E-state index in [2.05, 4.69) is 0 Å². The van der Waals surface area contributed by atoms with Crippen LogP contribution in [0.25, 0.3) is 0 Å². The topological polar surface area (TPSA) is 52.6 Å². The summed E-state index contributed by atoms with van der Waals surface area (Å²) in [5, 5.41) is -0.0234. The van der Waals surface area contributed by atoms with Crippen LogP contribution in [-0.4, -0.2) is 40.0 Å². The molecule has 88 valence electrons. The molecule has 0 aliphatic carbocycles. The van der Waals surface area contributed by atoms with Crippen LogP contribution in [0.3, 0.4) is 0 Å². The van der Waals surface area contributed by atoms with Gasteiger partial charge >= 0.3 is 5.97 Å². The number of carbonyl (C=O) groups is 1. The van der Waals surface area contributed by atoms with Crippen LogP contribution < -0.4 is 0 Å². The lowest BCUT2D eigenvalue weighted by molar-refractivity contribution is -0.144. The highest BCUT2D eigenvalue weighted by Crippen LogP contribution is 2.18. The van der Waals surface area contributed by atoms with E-state index in [0.29, 0.717) is 6.61 Å². The molecular formula is C10H18O4S. The standard InChI is InChI=1S/C10H18O4S/c1-7(2)14-10(11)6-15(12)9-4-5-13-8(9)3/h7-9H,4-6H2,1-3H3. The summed E-state index contributed by atoms with van der Waals surface area (Å²) in [5.74, 6) is -0.404. The van der Waals surface area contributed by atoms with Gasteiger partial charge in [0.25, 0.3) is 0 Å². The van der Waals surface area contributed by atoms with Crippen molar-refractivity contribution in [3.8, 4) is 0 Å². The summed E-state index contributed by atoms with van der Waals surface area (Å²) >= 11 is 0. The zero-order chi connectivity index (χ0) is 11.4. The second-order valence-electron chi connectivity index (χ2n) is 3.97. The van der Waals surface area contributed by atoms with Gasteiger partial charge in [-0.1, -0.05) is 0 Å². The predicted octanol–water partition coefficient (Wildman–Crippen LogP) is 0.864. The highest BCUT2D eigenvalue weighted by atomic mass is 32.2. The largest absolute Gasteiger partial charge is 0.462 e. The van der Waals surface area contributed by atoms with Crippen molar-refractivity contribution < 1.29 is 18.5 Å². The Labute approximate surface area is 92.8 Å². The summed E-state index contributed by atoms with van der Waals surface area (Å²) in [5.41, 5.74) is 0. The van der Waals surface area contributed by atoms with Crippen molar-refractivity contribution in [2.45, 2.75) is 44.6 Å². The maximum absolute atomic E-state index is 11.8. The van der Waals surface area contributed by atoms with E-state index in [1.807, 2.05) is 6.92 Å². The molecule has 0 spiro atoms. The number of esters is 1. The minimum absolute atomic E-state index is 0.0160. The molecule has 5 heteroatoms. The van der Waals surface area contributed by atoms with Crippen LogP contribution in [0.1, 0.15) is 27.2 Å². The van der Waals surface area contributed by atoms with Gasteiger partial charge < -0.3 is 9.47 Å². The van der Waals surface area contributed by atoms with Crippen LogP contribution in [0.15, 0.2) is 0 Å². The maximum atomic E-state index is 11.8. The van der Waals surface area contributed by atoms with Crippen LogP contribution in [-0.2, 0) is 25.1 Å². The first-order valence-corrected chi connectivity index (χ1v) is 6.57. The molecule has 0 saturated carbocycles. The van der Waals surface area contributed by atoms with Gasteiger partial charge in [0.05, 0.1) is 17.5 Å². The van der Waals surface area contributed by atoms with E-state index in [9.17, 15) is 9.00 Å². The molecule has 0 bridgehead atoms. The third-order valence-electron chi connectivity index (χ3n) is 2.27. The van der Waals surface area contributed by atoms with Gasteiger partial charge in [-0.3, -0.25) is 9.00 Å². The van der Waals surface area contributed by atoms with Crippen molar-refractivity contribution in [2.75, 3.05) is 12.4 Å². The van der Waals surface area contributed by atoms with E-state index >= 15 is 0 Å². The predicted molar refractivity (Wildman–Crippen MR) is 58.1 cm³/mol. The lowest BCUT2D eigenvalue weighted by atomic mass is 10.3. The first-order valence-electron chi connectivity index (χ1n) is 5.19. The Morgan fingerprint density at radius 3 is 2.73 bits per heavy atom. The van der Waals surface area contributed by atoms with Crippen LogP contribution in [0.5, 0.6) is 0 Å². The maximum Gasteiger partial charge on any atom is 0.318 e. The molecule has 1 aliphatic rings. The monoisotopic (exact) mass is 234 g/mol. The SMILES string of the molecule is CC(C)OC(=O)CS(=O)C1CCOC1C. The lowest BCUT2D eigenvalue weighted by Crippen LogP contribution is -2.29. The van der Waals surface area contributed by atoms with Gasteiger partial charge in [-0.15, -0.1) is 0 Å². The summed E-state index contributed by atoms with van der Waals surface area (Å²) < 4.78 is 22.0. The number of carbonyl (C=O) groups excluding carboxylic acids is 1. The van der Waals surface area contributed by atoms with Crippen molar-refractivity contribution in [3.05, 3.63) is 0 Å². The highest BCUT2D eigenvalue weighted by molar-refractivity contribution is 7.86. The molecule has 3 unspecified atom stereocenters. The fraction of sp³-hybridized carbons (Fsp3) is 0.900. The molecule has 0 aromatic carbocycles. The molecule has 1 aliphatic heterocycles. The Morgan fingerprint density at radius 1 is 1.60 bits per heavy atom. The Hall–Kier alpha value is -0.420. The molecule has 1 fully saturated rings. The smallest absolute Gasteiger partial charge is 0.318 e. The number of hydrogen-bond donors (Lipinski definition) is 0. The van der Waals surface area contributed by atoms with E-state index in [1.54, 1.807) is 13.8 Å². The fourth-order valence-electron chi connectivity index (χ4n) is 1.58. The van der Waals surface area contributed by atoms with Crippen LogP contribution in [0.2, 0.25) is 0 Å². The third kappa shape index (κ3) is 3.91. The number of rotatable bonds is 4. The molecule has 0 radical (unpaired) electrons. The van der Waals surface area contributed by atoms with Gasteiger partial charge in [-0.2, -0.15) is 0 Å². The van der Waals surface area contributed by atoms with Gasteiger partial charge in [0.15, 0.2) is 0 Å². The van der Waals surface area contributed by atoms with Crippen LogP contribution >= 0.6 is 0 Å². The molecule has 1 saturated heterocycles. The average molecular weight is 234 g/mol. The van der Waals surface area contributed by atoms with Crippen molar-refractivity contribution in [3.63, 3.8) is 0 Å². The minimum Gasteiger partial charge on any atom is -0.462 e. The molecule has 0 N–H and O–H groups in total. The molecule has 3 atom stereocenters. The first-order chi connectivity index (χ1) is 7.00. The molecule has 1 rings (SSSR count). The van der Waals surface area contributed by atoms with Crippen LogP contribution in [0, 0.1) is 0 Å². The molecule has 4 nitrogen and oxygen atoms in total. The average Bonchev–Trinajstić information content (AvgIpc) is 2.49. The van der Waals surface area contributed by atoms with Gasteiger partial charge in [0.1, 0.15) is 5.75 Å². The molecule has 0 amide bonds. The molecular weight excluding hydrogens is 216 g/mol. The summed E-state index contributed by atoms with van der Waals surface area (Å²) in [6, 6.07) is 0. The Morgan fingerprint density at radius 2 is 2.27 bits per heavy atom. The Balaban J connectivity index is 2.38. The normalized spacial score (nSPS) is 28.0. The van der Waals surface area contributed by atoms with E-state index in [1.165, 1.54) is 0 Å². The van der Waals surface area contributed by atoms with E-state index in [-0.39, 0.29) is 29.2 Å². The van der Waals surface area contributed by atoms with Crippen molar-refractivity contribution in [1.82, 2.24) is 0 Å². The van der Waals surface area contributed by atoms with Crippen LogP contribution in [0.4, 0.5) is 0 Å². The van der Waals surface area contributed by atoms with Gasteiger partial charge in [0, 0.05) is 17.4 Å². The lowest BCUT2D eigenvalue weighted by Gasteiger charge is -2.13. The second kappa shape index (κ2) is 5.61. The third-order valence-corrected chi connectivity index (χ3v) is 4.09. The number of hydrogen-bond acceptors (Lipinski definition) is 4. The molecule has 0 aromatic heterocycles. The summed E-state index contributed by atoms with van der Waals surface area (Å²) in [6.45, 7) is 6.09. The zero-order valence-corrected chi connectivity index (χ0v) is 10.2. The minimum atomic E-state index is -1.17. The quantitative estimate of drug-likeness (QED) is 0.677. The van der Waals surface area contributed by atoms with E-state index < -0.39 is 10.8 Å². The second-order valence-corrected chi connectivity index (χ2v) is 5.62. The fourth-order valence-corrected chi connectivity index (χ4v) is 2.96. The molecule has 1 heterocycles. The summed E-state index contributed by atoms with van der Waals surface area (Å²) in [7, 11) is -1.17. The van der Waals surface area contributed by atoms with Crippen molar-refractivity contribution >= 4 is 16.8 Å². The first kappa shape index (κ1) is 12.6. The Kier molecular flexibility index (Phi) is 4.73. The number of ether oxygens (including phenoxy) is 2. The summed E-state index contributed by atoms with van der Waals surface area (Å²) in [4.78, 5) is 11.3. The zero-order valence-electron chi connectivity index (χ0n) is 9.39. The highest BCUT2D eigenvalue weighted by Gasteiger charge is 2.30. The summed E-state index contributed by atoms with van der Waals surface area (Å²) in [6.07, 6.45) is 0.604. The van der Waals surface area contributed by atoms with Gasteiger partial charge in [-0.25, -0.2) is 0 Å². The van der Waals surface area contributed by atoms with Gasteiger partial charge in [-0.05, 0) is 27.2 Å². The Bertz CT molecular complexity index is 252. The van der Waals surface area contributed by atoms with E-state index in [4.69, 9.17) is 9.47 Å². The van der Waals surface area contributed by atoms with Crippen molar-refractivity contribution in [2.24, 2.45) is 0 Å². The molecule has 15 heavy (non-hydrogen) atoms.